The summed E-state index contributed by atoms with van der Waals surface area (Å²) in [5.41, 5.74) is 2.76. The van der Waals surface area contributed by atoms with Gasteiger partial charge in [0, 0.05) is 10.5 Å². The minimum atomic E-state index is 0.546. The molecule has 2 nitrogen and oxygen atoms in total. The number of hydrogen-bond acceptors (Lipinski definition) is 2. The van der Waals surface area contributed by atoms with Crippen LogP contribution in [0.5, 0.6) is 0 Å². The molecule has 0 aromatic heterocycles. The Labute approximate surface area is 132 Å². The molecule has 1 aliphatic rings. The minimum absolute atomic E-state index is 0.546. The lowest BCUT2D eigenvalue weighted by Crippen LogP contribution is -2.40. The number of rotatable bonds is 5. The second-order valence-corrected chi connectivity index (χ2v) is 6.89. The fourth-order valence-corrected chi connectivity index (χ4v) is 3.65. The molecule has 0 amide bonds. The third-order valence-corrected chi connectivity index (χ3v) is 5.23. The predicted molar refractivity (Wildman–Crippen MR) is 90.1 cm³/mol. The van der Waals surface area contributed by atoms with Crippen molar-refractivity contribution in [1.82, 2.24) is 10.2 Å². The van der Waals surface area contributed by atoms with Crippen LogP contribution >= 0.6 is 15.9 Å². The van der Waals surface area contributed by atoms with Gasteiger partial charge in [-0.3, -0.25) is 4.90 Å². The zero-order valence-corrected chi connectivity index (χ0v) is 14.5. The molecule has 1 fully saturated rings. The maximum Gasteiger partial charge on any atom is 0.0385 e. The SMILES string of the molecule is CCCNCC1CCCN(C)C1c1ccc(C)c(Br)c1. The van der Waals surface area contributed by atoms with Gasteiger partial charge in [-0.25, -0.2) is 0 Å². The van der Waals surface area contributed by atoms with Gasteiger partial charge in [-0.15, -0.1) is 0 Å². The van der Waals surface area contributed by atoms with Crippen molar-refractivity contribution in [2.45, 2.75) is 39.2 Å². The zero-order chi connectivity index (χ0) is 14.5. The molecule has 1 saturated heterocycles. The number of hydrogen-bond donors (Lipinski definition) is 1. The smallest absolute Gasteiger partial charge is 0.0385 e. The number of aryl methyl sites for hydroxylation is 1. The monoisotopic (exact) mass is 338 g/mol. The van der Waals surface area contributed by atoms with Crippen LogP contribution < -0.4 is 5.32 Å². The van der Waals surface area contributed by atoms with E-state index < -0.39 is 0 Å². The Balaban J connectivity index is 2.15. The normalized spacial score (nSPS) is 24.0. The van der Waals surface area contributed by atoms with Gasteiger partial charge in [0.25, 0.3) is 0 Å². The molecule has 112 valence electrons. The Morgan fingerprint density at radius 3 is 2.90 bits per heavy atom. The maximum atomic E-state index is 3.68. The first kappa shape index (κ1) is 16.0. The van der Waals surface area contributed by atoms with Crippen LogP contribution in [0.2, 0.25) is 0 Å². The van der Waals surface area contributed by atoms with Gasteiger partial charge >= 0.3 is 0 Å². The van der Waals surface area contributed by atoms with Crippen LogP contribution in [0.15, 0.2) is 22.7 Å². The van der Waals surface area contributed by atoms with Gasteiger partial charge < -0.3 is 5.32 Å². The Kier molecular flexibility index (Phi) is 6.06. The van der Waals surface area contributed by atoms with Gasteiger partial charge in [0.05, 0.1) is 0 Å². The molecule has 0 spiro atoms. The highest BCUT2D eigenvalue weighted by atomic mass is 79.9. The average Bonchev–Trinajstić information content (AvgIpc) is 2.43. The second kappa shape index (κ2) is 7.58. The topological polar surface area (TPSA) is 15.3 Å². The molecule has 2 unspecified atom stereocenters. The van der Waals surface area contributed by atoms with Crippen molar-refractivity contribution < 1.29 is 0 Å². The fourth-order valence-electron chi connectivity index (χ4n) is 3.26. The van der Waals surface area contributed by atoms with Gasteiger partial charge in [-0.05, 0) is 76.0 Å². The molecule has 1 aromatic carbocycles. The molecule has 0 aliphatic carbocycles. The Morgan fingerprint density at radius 2 is 2.20 bits per heavy atom. The van der Waals surface area contributed by atoms with E-state index in [1.54, 1.807) is 0 Å². The van der Waals surface area contributed by atoms with Crippen molar-refractivity contribution in [3.05, 3.63) is 33.8 Å². The number of nitrogens with one attached hydrogen (secondary N) is 1. The third-order valence-electron chi connectivity index (χ3n) is 4.38. The number of likely N-dealkylation sites (tertiary alicyclic amines) is 1. The summed E-state index contributed by atoms with van der Waals surface area (Å²) in [6, 6.07) is 7.40. The lowest BCUT2D eigenvalue weighted by atomic mass is 9.84. The highest BCUT2D eigenvalue weighted by molar-refractivity contribution is 9.10. The molecule has 1 N–H and O–H groups in total. The standard InChI is InChI=1S/C17H27BrN2/c1-4-9-19-12-15-6-5-10-20(3)17(15)14-8-7-13(2)16(18)11-14/h7-8,11,15,17,19H,4-6,9-10,12H2,1-3H3. The molecular formula is C17H27BrN2. The molecule has 1 heterocycles. The third kappa shape index (κ3) is 3.84. The number of nitrogens with zero attached hydrogens (tertiary/aromatic N) is 1. The quantitative estimate of drug-likeness (QED) is 0.811. The molecule has 0 radical (unpaired) electrons. The molecule has 1 aliphatic heterocycles. The molecule has 0 bridgehead atoms. The number of halogens is 1. The van der Waals surface area contributed by atoms with E-state index in [9.17, 15) is 0 Å². The average molecular weight is 339 g/mol. The summed E-state index contributed by atoms with van der Waals surface area (Å²) in [6.45, 7) is 7.85. The maximum absolute atomic E-state index is 3.68. The van der Waals surface area contributed by atoms with E-state index in [0.717, 1.165) is 19.0 Å². The molecule has 1 aromatic rings. The Morgan fingerprint density at radius 1 is 1.40 bits per heavy atom. The first-order chi connectivity index (χ1) is 9.63. The van der Waals surface area contributed by atoms with Crippen molar-refractivity contribution in [1.29, 1.82) is 0 Å². The van der Waals surface area contributed by atoms with Crippen molar-refractivity contribution in [2.75, 3.05) is 26.7 Å². The Bertz CT molecular complexity index is 433. The zero-order valence-electron chi connectivity index (χ0n) is 13.0. The minimum Gasteiger partial charge on any atom is -0.316 e. The molecule has 0 saturated carbocycles. The highest BCUT2D eigenvalue weighted by Crippen LogP contribution is 2.36. The lowest BCUT2D eigenvalue weighted by Gasteiger charge is -2.40. The number of piperidine rings is 1. The van der Waals surface area contributed by atoms with Crippen LogP contribution in [0.25, 0.3) is 0 Å². The largest absolute Gasteiger partial charge is 0.316 e. The van der Waals surface area contributed by atoms with Crippen LogP contribution in [-0.4, -0.2) is 31.6 Å². The van der Waals surface area contributed by atoms with Gasteiger partial charge in [-0.2, -0.15) is 0 Å². The van der Waals surface area contributed by atoms with Gasteiger partial charge in [0.15, 0.2) is 0 Å². The van der Waals surface area contributed by atoms with E-state index >= 15 is 0 Å². The summed E-state index contributed by atoms with van der Waals surface area (Å²) in [5, 5.41) is 3.61. The van der Waals surface area contributed by atoms with Gasteiger partial charge in [0.2, 0.25) is 0 Å². The summed E-state index contributed by atoms with van der Waals surface area (Å²) in [4.78, 5) is 2.53. The van der Waals surface area contributed by atoms with Crippen LogP contribution in [0.3, 0.4) is 0 Å². The second-order valence-electron chi connectivity index (χ2n) is 6.04. The van der Waals surface area contributed by atoms with Gasteiger partial charge in [-0.1, -0.05) is 35.0 Å². The van der Waals surface area contributed by atoms with Crippen LogP contribution in [0, 0.1) is 12.8 Å². The lowest BCUT2D eigenvalue weighted by molar-refractivity contribution is 0.119. The van der Waals surface area contributed by atoms with Crippen LogP contribution in [0.1, 0.15) is 43.4 Å². The molecular weight excluding hydrogens is 312 g/mol. The highest BCUT2D eigenvalue weighted by Gasteiger charge is 2.30. The van der Waals surface area contributed by atoms with Crippen molar-refractivity contribution in [3.8, 4) is 0 Å². The van der Waals surface area contributed by atoms with E-state index in [2.05, 4.69) is 65.2 Å². The number of benzene rings is 1. The predicted octanol–water partition coefficient (Wildman–Crippen LogP) is 4.14. The van der Waals surface area contributed by atoms with Crippen molar-refractivity contribution >= 4 is 15.9 Å². The van der Waals surface area contributed by atoms with Crippen LogP contribution in [0.4, 0.5) is 0 Å². The van der Waals surface area contributed by atoms with E-state index in [-0.39, 0.29) is 0 Å². The molecule has 3 heteroatoms. The van der Waals surface area contributed by atoms with E-state index in [1.807, 2.05) is 0 Å². The summed E-state index contributed by atoms with van der Waals surface area (Å²) in [5.74, 6) is 0.718. The van der Waals surface area contributed by atoms with Crippen molar-refractivity contribution in [3.63, 3.8) is 0 Å². The summed E-state index contributed by atoms with van der Waals surface area (Å²) in [6.07, 6.45) is 3.86. The van der Waals surface area contributed by atoms with E-state index in [4.69, 9.17) is 0 Å². The molecule has 20 heavy (non-hydrogen) atoms. The summed E-state index contributed by atoms with van der Waals surface area (Å²) < 4.78 is 1.23. The first-order valence-electron chi connectivity index (χ1n) is 7.80. The first-order valence-corrected chi connectivity index (χ1v) is 8.59. The van der Waals surface area contributed by atoms with E-state index in [1.165, 1.54) is 41.4 Å². The van der Waals surface area contributed by atoms with Crippen molar-refractivity contribution in [2.24, 2.45) is 5.92 Å². The summed E-state index contributed by atoms with van der Waals surface area (Å²) >= 11 is 3.68. The summed E-state index contributed by atoms with van der Waals surface area (Å²) in [7, 11) is 2.27. The van der Waals surface area contributed by atoms with Gasteiger partial charge in [0.1, 0.15) is 0 Å². The molecule has 2 atom stereocenters. The van der Waals surface area contributed by atoms with Crippen LogP contribution in [-0.2, 0) is 0 Å². The fraction of sp³-hybridized carbons (Fsp3) is 0.647. The molecule has 2 rings (SSSR count). The Hall–Kier alpha value is -0.380. The van der Waals surface area contributed by atoms with E-state index in [0.29, 0.717) is 6.04 Å².